The van der Waals surface area contributed by atoms with Gasteiger partial charge in [0.25, 0.3) is 5.91 Å². The molecule has 3 heterocycles. The van der Waals surface area contributed by atoms with E-state index >= 15 is 0 Å². The van der Waals surface area contributed by atoms with Gasteiger partial charge in [0.2, 0.25) is 5.88 Å². The Bertz CT molecular complexity index is 1270. The van der Waals surface area contributed by atoms with Gasteiger partial charge in [-0.3, -0.25) is 9.78 Å². The largest absolute Gasteiger partial charge is 0.493 e. The molecule has 3 N–H and O–H groups in total. The monoisotopic (exact) mass is 428 g/mol. The molecular formula is C24H24N6O2. The van der Waals surface area contributed by atoms with Crippen molar-refractivity contribution in [3.05, 3.63) is 71.7 Å². The molecule has 0 radical (unpaired) electrons. The number of rotatable bonds is 6. The molecule has 1 aliphatic carbocycles. The van der Waals surface area contributed by atoms with E-state index < -0.39 is 0 Å². The average Bonchev–Trinajstić information content (AvgIpc) is 3.23. The second kappa shape index (κ2) is 8.66. The van der Waals surface area contributed by atoms with Crippen LogP contribution in [-0.4, -0.2) is 43.9 Å². The Hall–Kier alpha value is -3.94. The highest BCUT2D eigenvalue weighted by molar-refractivity contribution is 5.94. The predicted octanol–water partition coefficient (Wildman–Crippen LogP) is 3.24. The lowest BCUT2D eigenvalue weighted by Crippen LogP contribution is -2.29. The van der Waals surface area contributed by atoms with Crippen molar-refractivity contribution in [3.8, 4) is 11.7 Å². The molecule has 0 unspecified atom stereocenters. The van der Waals surface area contributed by atoms with Crippen molar-refractivity contribution >= 4 is 22.5 Å². The van der Waals surface area contributed by atoms with Gasteiger partial charge in [-0.05, 0) is 49.4 Å². The summed E-state index contributed by atoms with van der Waals surface area (Å²) in [4.78, 5) is 21.5. The van der Waals surface area contributed by atoms with Crippen LogP contribution in [0, 0.1) is 0 Å². The van der Waals surface area contributed by atoms with Gasteiger partial charge < -0.3 is 15.7 Å². The molecule has 3 aromatic heterocycles. The van der Waals surface area contributed by atoms with E-state index in [0.717, 1.165) is 29.4 Å². The summed E-state index contributed by atoms with van der Waals surface area (Å²) in [6.07, 6.45) is 5.97. The van der Waals surface area contributed by atoms with Crippen molar-refractivity contribution in [2.24, 2.45) is 0 Å². The molecule has 0 spiro atoms. The number of nitrogens with one attached hydrogen (secondary N) is 2. The zero-order valence-electron chi connectivity index (χ0n) is 17.6. The molecular weight excluding hydrogens is 404 g/mol. The lowest BCUT2D eigenvalue weighted by atomic mass is 9.92. The maximum atomic E-state index is 12.5. The molecule has 162 valence electrons. The molecule has 0 fully saturated rings. The molecule has 5 rings (SSSR count). The van der Waals surface area contributed by atoms with Gasteiger partial charge in [-0.15, -0.1) is 0 Å². The fraction of sp³-hybridized carbons (Fsp3) is 0.250. The van der Waals surface area contributed by atoms with Crippen LogP contribution in [0.2, 0.25) is 0 Å². The Morgan fingerprint density at radius 2 is 1.91 bits per heavy atom. The number of nitrogens with zero attached hydrogens (tertiary/aromatic N) is 4. The summed E-state index contributed by atoms with van der Waals surface area (Å²) in [5, 5.41) is 21.8. The Morgan fingerprint density at radius 3 is 2.78 bits per heavy atom. The van der Waals surface area contributed by atoms with Gasteiger partial charge in [0.1, 0.15) is 0 Å². The molecule has 1 amide bonds. The van der Waals surface area contributed by atoms with Crippen LogP contribution in [0.3, 0.4) is 0 Å². The first-order valence-electron chi connectivity index (χ1n) is 10.8. The number of pyridine rings is 2. The van der Waals surface area contributed by atoms with Gasteiger partial charge in [-0.25, -0.2) is 4.98 Å². The third kappa shape index (κ3) is 3.87. The van der Waals surface area contributed by atoms with Crippen molar-refractivity contribution in [1.82, 2.24) is 25.1 Å². The van der Waals surface area contributed by atoms with Gasteiger partial charge in [-0.1, -0.05) is 24.3 Å². The lowest BCUT2D eigenvalue weighted by molar-refractivity contribution is 0.0949. The Labute approximate surface area is 185 Å². The lowest BCUT2D eigenvalue weighted by Gasteiger charge is -2.21. The van der Waals surface area contributed by atoms with E-state index in [-0.39, 0.29) is 17.5 Å². The van der Waals surface area contributed by atoms with Gasteiger partial charge >= 0.3 is 0 Å². The molecule has 1 aliphatic rings. The maximum absolute atomic E-state index is 12.5. The molecule has 1 aromatic carbocycles. The zero-order chi connectivity index (χ0) is 21.9. The number of carbonyl (C=O) groups excluding carboxylic acids is 1. The summed E-state index contributed by atoms with van der Waals surface area (Å²) in [5.41, 5.74) is 4.73. The Kier molecular flexibility index (Phi) is 5.41. The third-order valence-corrected chi connectivity index (χ3v) is 5.67. The number of hydrogen-bond donors (Lipinski definition) is 3. The fourth-order valence-electron chi connectivity index (χ4n) is 4.16. The molecule has 0 saturated carbocycles. The molecule has 0 bridgehead atoms. The Balaban J connectivity index is 1.26. The van der Waals surface area contributed by atoms with Crippen LogP contribution in [-0.2, 0) is 12.8 Å². The molecule has 0 atom stereocenters. The van der Waals surface area contributed by atoms with Gasteiger partial charge in [0.05, 0.1) is 5.52 Å². The minimum absolute atomic E-state index is 0.137. The SMILES string of the molecule is O=C(NCCNc1c2c(nc3ccccc13)CCCC2)c1cc(O)n(-c2ccccn2)n1. The molecule has 8 nitrogen and oxygen atoms in total. The van der Waals surface area contributed by atoms with Crippen LogP contribution < -0.4 is 10.6 Å². The van der Waals surface area contributed by atoms with E-state index in [1.165, 1.54) is 34.8 Å². The fourth-order valence-corrected chi connectivity index (χ4v) is 4.16. The summed E-state index contributed by atoms with van der Waals surface area (Å²) in [5.74, 6) is -0.0414. The van der Waals surface area contributed by atoms with Crippen molar-refractivity contribution in [2.45, 2.75) is 25.7 Å². The van der Waals surface area contributed by atoms with Crippen molar-refractivity contribution in [3.63, 3.8) is 0 Å². The normalized spacial score (nSPS) is 13.0. The minimum Gasteiger partial charge on any atom is -0.493 e. The number of amides is 1. The molecule has 0 saturated heterocycles. The first kappa shape index (κ1) is 20.0. The number of carbonyl (C=O) groups is 1. The second-order valence-electron chi connectivity index (χ2n) is 7.81. The van der Waals surface area contributed by atoms with E-state index in [2.05, 4.69) is 26.8 Å². The highest BCUT2D eigenvalue weighted by Gasteiger charge is 2.18. The van der Waals surface area contributed by atoms with Crippen LogP contribution in [0.5, 0.6) is 5.88 Å². The van der Waals surface area contributed by atoms with E-state index in [1.807, 2.05) is 18.2 Å². The summed E-state index contributed by atoms with van der Waals surface area (Å²) < 4.78 is 1.24. The smallest absolute Gasteiger partial charge is 0.272 e. The van der Waals surface area contributed by atoms with Crippen molar-refractivity contribution in [2.75, 3.05) is 18.4 Å². The number of hydrogen-bond acceptors (Lipinski definition) is 6. The number of aromatic hydroxyl groups is 1. The first-order chi connectivity index (χ1) is 15.7. The highest BCUT2D eigenvalue weighted by atomic mass is 16.3. The Morgan fingerprint density at radius 1 is 1.06 bits per heavy atom. The average molecular weight is 428 g/mol. The van der Waals surface area contributed by atoms with Crippen LogP contribution in [0.25, 0.3) is 16.7 Å². The standard InChI is InChI=1S/C24H24N6O2/c31-22-15-20(29-30(22)21-11-5-6-12-25-21)24(32)27-14-13-26-23-16-7-1-3-9-18(16)28-19-10-4-2-8-17(19)23/h1,3,5-7,9,11-12,15,31H,2,4,8,10,13-14H2,(H,26,28)(H,27,32). The second-order valence-corrected chi connectivity index (χ2v) is 7.81. The third-order valence-electron chi connectivity index (χ3n) is 5.67. The van der Waals surface area contributed by atoms with Crippen LogP contribution in [0.4, 0.5) is 5.69 Å². The van der Waals surface area contributed by atoms with E-state index in [9.17, 15) is 9.90 Å². The van der Waals surface area contributed by atoms with Crippen LogP contribution in [0.1, 0.15) is 34.6 Å². The van der Waals surface area contributed by atoms with E-state index in [0.29, 0.717) is 18.9 Å². The molecule has 8 heteroatoms. The van der Waals surface area contributed by atoms with Gasteiger partial charge in [-0.2, -0.15) is 9.78 Å². The predicted molar refractivity (Wildman–Crippen MR) is 122 cm³/mol. The summed E-state index contributed by atoms with van der Waals surface area (Å²) in [6, 6.07) is 14.8. The summed E-state index contributed by atoms with van der Waals surface area (Å²) in [6.45, 7) is 0.987. The maximum Gasteiger partial charge on any atom is 0.272 e. The summed E-state index contributed by atoms with van der Waals surface area (Å²) in [7, 11) is 0. The first-order valence-corrected chi connectivity index (χ1v) is 10.8. The quantitative estimate of drug-likeness (QED) is 0.407. The number of aryl methyl sites for hydroxylation is 1. The number of benzene rings is 1. The highest BCUT2D eigenvalue weighted by Crippen LogP contribution is 2.33. The number of anilines is 1. The number of fused-ring (bicyclic) bond motifs is 2. The minimum atomic E-state index is -0.349. The number of aromatic nitrogens is 4. The van der Waals surface area contributed by atoms with E-state index in [4.69, 9.17) is 4.98 Å². The summed E-state index contributed by atoms with van der Waals surface area (Å²) >= 11 is 0. The van der Waals surface area contributed by atoms with Gasteiger partial charge in [0, 0.05) is 42.1 Å². The number of para-hydroxylation sites is 1. The molecule has 32 heavy (non-hydrogen) atoms. The van der Waals surface area contributed by atoms with E-state index in [1.54, 1.807) is 24.4 Å². The topological polar surface area (TPSA) is 105 Å². The zero-order valence-corrected chi connectivity index (χ0v) is 17.6. The molecule has 4 aromatic rings. The van der Waals surface area contributed by atoms with Crippen molar-refractivity contribution in [1.29, 1.82) is 0 Å². The van der Waals surface area contributed by atoms with Gasteiger partial charge in [0.15, 0.2) is 11.5 Å². The van der Waals surface area contributed by atoms with Crippen molar-refractivity contribution < 1.29 is 9.90 Å². The molecule has 0 aliphatic heterocycles. The van der Waals surface area contributed by atoms with Crippen LogP contribution in [0.15, 0.2) is 54.7 Å². The van der Waals surface area contributed by atoms with Crippen LogP contribution >= 0.6 is 0 Å².